The second-order valence-corrected chi connectivity index (χ2v) is 5.29. The number of rotatable bonds is 7. The molecule has 0 unspecified atom stereocenters. The minimum absolute atomic E-state index is 0.0256. The molecule has 0 fully saturated rings. The minimum atomic E-state index is -0.0529. The van der Waals surface area contributed by atoms with Crippen LogP contribution in [0, 0.1) is 0 Å². The van der Waals surface area contributed by atoms with Gasteiger partial charge < -0.3 is 10.6 Å². The molecule has 20 heavy (non-hydrogen) atoms. The molecule has 0 heterocycles. The number of hydrogen-bond acceptors (Lipinski definition) is 2. The Bertz CT molecular complexity index is 478. The zero-order chi connectivity index (χ0) is 15.0. The van der Waals surface area contributed by atoms with Crippen LogP contribution in [0.5, 0.6) is 0 Å². The van der Waals surface area contributed by atoms with E-state index in [1.54, 1.807) is 18.2 Å². The Hall–Kier alpha value is -1.26. The van der Waals surface area contributed by atoms with Crippen LogP contribution in [0.15, 0.2) is 18.2 Å². The van der Waals surface area contributed by atoms with E-state index < -0.39 is 0 Å². The molecule has 0 aromatic heterocycles. The molecule has 0 saturated carbocycles. The van der Waals surface area contributed by atoms with Crippen LogP contribution < -0.4 is 10.6 Å². The van der Waals surface area contributed by atoms with Gasteiger partial charge in [-0.05, 0) is 31.0 Å². The molecule has 0 saturated heterocycles. The fourth-order valence-corrected chi connectivity index (χ4v) is 1.95. The Morgan fingerprint density at radius 3 is 2.50 bits per heavy atom. The highest BCUT2D eigenvalue weighted by Gasteiger charge is 2.04. The van der Waals surface area contributed by atoms with Gasteiger partial charge in [0.2, 0.25) is 11.8 Å². The maximum atomic E-state index is 11.7. The molecule has 4 nitrogen and oxygen atoms in total. The van der Waals surface area contributed by atoms with Gasteiger partial charge in [-0.25, -0.2) is 0 Å². The van der Waals surface area contributed by atoms with Gasteiger partial charge in [-0.1, -0.05) is 29.6 Å². The number of hydrogen-bond donors (Lipinski definition) is 2. The summed E-state index contributed by atoms with van der Waals surface area (Å²) >= 11 is 11.7. The SMILES string of the molecule is CC(=O)NCCCCCC(=O)Nc1ccc(Cl)c(Cl)c1. The molecule has 0 aliphatic carbocycles. The van der Waals surface area contributed by atoms with E-state index >= 15 is 0 Å². The number of amides is 2. The summed E-state index contributed by atoms with van der Waals surface area (Å²) in [5, 5.41) is 6.36. The van der Waals surface area contributed by atoms with Crippen molar-refractivity contribution in [2.45, 2.75) is 32.6 Å². The number of carbonyl (C=O) groups excluding carboxylic acids is 2. The molecule has 0 spiro atoms. The van der Waals surface area contributed by atoms with E-state index in [2.05, 4.69) is 10.6 Å². The van der Waals surface area contributed by atoms with Crippen molar-refractivity contribution in [3.63, 3.8) is 0 Å². The molecule has 0 aliphatic rings. The molecule has 1 aromatic rings. The van der Waals surface area contributed by atoms with E-state index in [9.17, 15) is 9.59 Å². The Morgan fingerprint density at radius 1 is 1.10 bits per heavy atom. The Balaban J connectivity index is 2.20. The van der Waals surface area contributed by atoms with Crippen LogP contribution in [0.2, 0.25) is 10.0 Å². The third kappa shape index (κ3) is 6.78. The summed E-state index contributed by atoms with van der Waals surface area (Å²) in [7, 11) is 0. The van der Waals surface area contributed by atoms with Gasteiger partial charge in [-0.2, -0.15) is 0 Å². The highest BCUT2D eigenvalue weighted by molar-refractivity contribution is 6.42. The minimum Gasteiger partial charge on any atom is -0.356 e. The molecule has 0 radical (unpaired) electrons. The van der Waals surface area contributed by atoms with Crippen LogP contribution in [0.4, 0.5) is 5.69 Å². The van der Waals surface area contributed by atoms with E-state index in [1.807, 2.05) is 0 Å². The topological polar surface area (TPSA) is 58.2 Å². The quantitative estimate of drug-likeness (QED) is 0.755. The Morgan fingerprint density at radius 2 is 1.85 bits per heavy atom. The van der Waals surface area contributed by atoms with E-state index in [1.165, 1.54) is 6.92 Å². The maximum Gasteiger partial charge on any atom is 0.224 e. The van der Waals surface area contributed by atoms with E-state index in [-0.39, 0.29) is 11.8 Å². The molecule has 0 atom stereocenters. The van der Waals surface area contributed by atoms with Gasteiger partial charge in [0.15, 0.2) is 0 Å². The number of benzene rings is 1. The molecular formula is C14H18Cl2N2O2. The third-order valence-electron chi connectivity index (χ3n) is 2.66. The van der Waals surface area contributed by atoms with Gasteiger partial charge in [0.05, 0.1) is 10.0 Å². The first-order valence-corrected chi connectivity index (χ1v) is 7.24. The van der Waals surface area contributed by atoms with Gasteiger partial charge >= 0.3 is 0 Å². The average Bonchev–Trinajstić information content (AvgIpc) is 2.38. The standard InChI is InChI=1S/C14H18Cl2N2O2/c1-10(19)17-8-4-2-3-5-14(20)18-11-6-7-12(15)13(16)9-11/h6-7,9H,2-5,8H2,1H3,(H,17,19)(H,18,20). The monoisotopic (exact) mass is 316 g/mol. The zero-order valence-electron chi connectivity index (χ0n) is 11.3. The number of halogens is 2. The molecule has 110 valence electrons. The highest BCUT2D eigenvalue weighted by Crippen LogP contribution is 2.25. The van der Waals surface area contributed by atoms with E-state index in [0.717, 1.165) is 19.3 Å². The van der Waals surface area contributed by atoms with Crippen molar-refractivity contribution in [3.05, 3.63) is 28.2 Å². The summed E-state index contributed by atoms with van der Waals surface area (Å²) < 4.78 is 0. The number of unbranched alkanes of at least 4 members (excludes halogenated alkanes) is 2. The van der Waals surface area contributed by atoms with Crippen LogP contribution in [0.3, 0.4) is 0 Å². The van der Waals surface area contributed by atoms with Crippen molar-refractivity contribution >= 4 is 40.7 Å². The van der Waals surface area contributed by atoms with Crippen molar-refractivity contribution in [1.29, 1.82) is 0 Å². The summed E-state index contributed by atoms with van der Waals surface area (Å²) in [4.78, 5) is 22.3. The molecule has 1 rings (SSSR count). The lowest BCUT2D eigenvalue weighted by Gasteiger charge is -2.06. The van der Waals surface area contributed by atoms with Gasteiger partial charge in [-0.3, -0.25) is 9.59 Å². The molecule has 2 amide bonds. The van der Waals surface area contributed by atoms with Gasteiger partial charge in [0, 0.05) is 25.6 Å². The van der Waals surface area contributed by atoms with Crippen LogP contribution >= 0.6 is 23.2 Å². The average molecular weight is 317 g/mol. The molecule has 6 heteroatoms. The number of nitrogens with one attached hydrogen (secondary N) is 2. The van der Waals surface area contributed by atoms with Crippen molar-refractivity contribution in [1.82, 2.24) is 5.32 Å². The van der Waals surface area contributed by atoms with Gasteiger partial charge in [0.25, 0.3) is 0 Å². The fraction of sp³-hybridized carbons (Fsp3) is 0.429. The molecule has 2 N–H and O–H groups in total. The molecule has 0 bridgehead atoms. The first-order chi connectivity index (χ1) is 9.49. The van der Waals surface area contributed by atoms with Crippen molar-refractivity contribution in [3.8, 4) is 0 Å². The second-order valence-electron chi connectivity index (χ2n) is 4.47. The van der Waals surface area contributed by atoms with E-state index in [0.29, 0.717) is 28.7 Å². The number of carbonyl (C=O) groups is 2. The van der Waals surface area contributed by atoms with Gasteiger partial charge in [-0.15, -0.1) is 0 Å². The van der Waals surface area contributed by atoms with Crippen LogP contribution in [0.1, 0.15) is 32.6 Å². The summed E-state index contributed by atoms with van der Waals surface area (Å²) in [5.74, 6) is -0.0784. The van der Waals surface area contributed by atoms with Crippen LogP contribution in [0.25, 0.3) is 0 Å². The summed E-state index contributed by atoms with van der Waals surface area (Å²) in [6.45, 7) is 2.15. The lowest BCUT2D eigenvalue weighted by Crippen LogP contribution is -2.20. The summed E-state index contributed by atoms with van der Waals surface area (Å²) in [6.07, 6.45) is 3.00. The fourth-order valence-electron chi connectivity index (χ4n) is 1.65. The first-order valence-electron chi connectivity index (χ1n) is 6.48. The predicted molar refractivity (Wildman–Crippen MR) is 82.2 cm³/mol. The molecule has 0 aliphatic heterocycles. The normalized spacial score (nSPS) is 10.2. The molecular weight excluding hydrogens is 299 g/mol. The largest absolute Gasteiger partial charge is 0.356 e. The Kier molecular flexibility index (Phi) is 7.41. The predicted octanol–water partition coefficient (Wildman–Crippen LogP) is 3.63. The summed E-state index contributed by atoms with van der Waals surface area (Å²) in [6, 6.07) is 4.98. The summed E-state index contributed by atoms with van der Waals surface area (Å²) in [5.41, 5.74) is 0.641. The lowest BCUT2D eigenvalue weighted by molar-refractivity contribution is -0.119. The second kappa shape index (κ2) is 8.82. The van der Waals surface area contributed by atoms with E-state index in [4.69, 9.17) is 23.2 Å². The number of anilines is 1. The van der Waals surface area contributed by atoms with Crippen molar-refractivity contribution in [2.24, 2.45) is 0 Å². The third-order valence-corrected chi connectivity index (χ3v) is 3.40. The first kappa shape index (κ1) is 16.8. The molecule has 1 aromatic carbocycles. The lowest BCUT2D eigenvalue weighted by atomic mass is 10.2. The smallest absolute Gasteiger partial charge is 0.224 e. The van der Waals surface area contributed by atoms with Crippen molar-refractivity contribution in [2.75, 3.05) is 11.9 Å². The van der Waals surface area contributed by atoms with Gasteiger partial charge in [0.1, 0.15) is 0 Å². The maximum absolute atomic E-state index is 11.7. The van der Waals surface area contributed by atoms with Crippen molar-refractivity contribution < 1.29 is 9.59 Å². The van der Waals surface area contributed by atoms with Crippen LogP contribution in [-0.4, -0.2) is 18.4 Å². The highest BCUT2D eigenvalue weighted by atomic mass is 35.5. The van der Waals surface area contributed by atoms with Crippen LogP contribution in [-0.2, 0) is 9.59 Å². The Labute approximate surface area is 128 Å². The zero-order valence-corrected chi connectivity index (χ0v) is 12.9.